The second-order valence-corrected chi connectivity index (χ2v) is 2.90. The van der Waals surface area contributed by atoms with Gasteiger partial charge in [-0.2, -0.15) is 0 Å². The number of H-pyrrole nitrogens is 1. The largest absolute Gasteiger partial charge is 0.328 e. The molecule has 0 atom stereocenters. The monoisotopic (exact) mass is 189 g/mol. The minimum atomic E-state index is -0.500. The Balaban J connectivity index is 2.69. The highest BCUT2D eigenvalue weighted by atomic mass is 19.1. The molecule has 0 spiro atoms. The summed E-state index contributed by atoms with van der Waals surface area (Å²) in [6.45, 7) is 0. The third-order valence-corrected chi connectivity index (χ3v) is 1.97. The van der Waals surface area contributed by atoms with Gasteiger partial charge in [0.05, 0.1) is 5.56 Å². The average molecular weight is 189 g/mol. The van der Waals surface area contributed by atoms with Gasteiger partial charge >= 0.3 is 0 Å². The van der Waals surface area contributed by atoms with Crippen molar-refractivity contribution in [1.29, 1.82) is 0 Å². The molecule has 14 heavy (non-hydrogen) atoms. The van der Waals surface area contributed by atoms with E-state index in [2.05, 4.69) is 4.98 Å². The van der Waals surface area contributed by atoms with Gasteiger partial charge in [-0.05, 0) is 11.6 Å². The van der Waals surface area contributed by atoms with Crippen LogP contribution < -0.4 is 5.56 Å². The number of hydrogen-bond acceptors (Lipinski definition) is 1. The molecule has 1 N–H and O–H groups in total. The molecule has 2 rings (SSSR count). The van der Waals surface area contributed by atoms with Gasteiger partial charge in [-0.3, -0.25) is 4.79 Å². The Morgan fingerprint density at radius 1 is 1.07 bits per heavy atom. The third kappa shape index (κ3) is 1.44. The minimum Gasteiger partial charge on any atom is -0.328 e. The lowest BCUT2D eigenvalue weighted by Crippen LogP contribution is -2.09. The van der Waals surface area contributed by atoms with E-state index in [0.29, 0.717) is 5.56 Å². The van der Waals surface area contributed by atoms with Crippen LogP contribution in [0, 0.1) is 5.82 Å². The maximum atomic E-state index is 13.3. The van der Waals surface area contributed by atoms with Crippen molar-refractivity contribution in [1.82, 2.24) is 4.98 Å². The summed E-state index contributed by atoms with van der Waals surface area (Å²) in [5, 5.41) is 0. The summed E-state index contributed by atoms with van der Waals surface area (Å²) in [7, 11) is 0. The van der Waals surface area contributed by atoms with Crippen LogP contribution in [-0.4, -0.2) is 4.98 Å². The maximum absolute atomic E-state index is 13.3. The number of pyridine rings is 1. The first-order valence-electron chi connectivity index (χ1n) is 4.21. The molecule has 3 heteroatoms. The fourth-order valence-corrected chi connectivity index (χ4v) is 1.33. The first-order valence-corrected chi connectivity index (χ1v) is 4.21. The second kappa shape index (κ2) is 3.46. The summed E-state index contributed by atoms with van der Waals surface area (Å²) in [5.74, 6) is -0.500. The number of nitrogens with one attached hydrogen (secondary N) is 1. The van der Waals surface area contributed by atoms with Crippen LogP contribution in [0.2, 0.25) is 0 Å². The summed E-state index contributed by atoms with van der Waals surface area (Å²) in [6.07, 6.45) is 1.30. The van der Waals surface area contributed by atoms with Gasteiger partial charge in [-0.25, -0.2) is 4.39 Å². The van der Waals surface area contributed by atoms with Crippen LogP contribution in [-0.2, 0) is 0 Å². The zero-order valence-corrected chi connectivity index (χ0v) is 7.33. The lowest BCUT2D eigenvalue weighted by Gasteiger charge is -2.00. The molecule has 1 aromatic carbocycles. The fraction of sp³-hybridized carbons (Fsp3) is 0. The third-order valence-electron chi connectivity index (χ3n) is 1.97. The van der Waals surface area contributed by atoms with Gasteiger partial charge in [-0.15, -0.1) is 0 Å². The number of rotatable bonds is 1. The summed E-state index contributed by atoms with van der Waals surface area (Å²) in [6, 6.07) is 9.99. The van der Waals surface area contributed by atoms with Gasteiger partial charge in [0.25, 0.3) is 5.56 Å². The molecule has 0 fully saturated rings. The van der Waals surface area contributed by atoms with Gasteiger partial charge in [0.1, 0.15) is 5.82 Å². The molecule has 2 aromatic rings. The SMILES string of the molecule is O=c1[nH]ccc(F)c1-c1ccccc1. The van der Waals surface area contributed by atoms with Gasteiger partial charge in [0.2, 0.25) is 0 Å². The van der Waals surface area contributed by atoms with Crippen molar-refractivity contribution >= 4 is 0 Å². The summed E-state index contributed by atoms with van der Waals surface area (Å²) >= 11 is 0. The van der Waals surface area contributed by atoms with E-state index in [0.717, 1.165) is 0 Å². The van der Waals surface area contributed by atoms with Gasteiger partial charge in [-0.1, -0.05) is 30.3 Å². The minimum absolute atomic E-state index is 0.0908. The summed E-state index contributed by atoms with van der Waals surface area (Å²) in [5.41, 5.74) is 0.274. The number of aromatic amines is 1. The van der Waals surface area contributed by atoms with Gasteiger partial charge in [0.15, 0.2) is 0 Å². The van der Waals surface area contributed by atoms with Crippen LogP contribution in [0.5, 0.6) is 0 Å². The Morgan fingerprint density at radius 3 is 2.43 bits per heavy atom. The molecular formula is C11H8FNO. The van der Waals surface area contributed by atoms with E-state index >= 15 is 0 Å². The van der Waals surface area contributed by atoms with E-state index in [1.165, 1.54) is 12.3 Å². The van der Waals surface area contributed by atoms with Crippen LogP contribution in [0.3, 0.4) is 0 Å². The summed E-state index contributed by atoms with van der Waals surface area (Å²) in [4.78, 5) is 13.8. The van der Waals surface area contributed by atoms with Gasteiger partial charge < -0.3 is 4.98 Å². The Bertz CT molecular complexity index is 490. The highest BCUT2D eigenvalue weighted by molar-refractivity contribution is 5.62. The zero-order chi connectivity index (χ0) is 9.97. The molecule has 0 aliphatic heterocycles. The molecule has 0 bridgehead atoms. The van der Waals surface area contributed by atoms with Crippen molar-refractivity contribution in [3.8, 4) is 11.1 Å². The van der Waals surface area contributed by atoms with E-state index in [-0.39, 0.29) is 5.56 Å². The smallest absolute Gasteiger partial charge is 0.258 e. The normalized spacial score (nSPS) is 10.1. The first-order chi connectivity index (χ1) is 6.79. The first kappa shape index (κ1) is 8.69. The zero-order valence-electron chi connectivity index (χ0n) is 7.33. The van der Waals surface area contributed by atoms with Crippen molar-refractivity contribution in [2.45, 2.75) is 0 Å². The number of benzene rings is 1. The van der Waals surface area contributed by atoms with Crippen LogP contribution in [0.25, 0.3) is 11.1 Å². The molecule has 2 nitrogen and oxygen atoms in total. The Kier molecular flexibility index (Phi) is 2.14. The van der Waals surface area contributed by atoms with E-state index in [1.807, 2.05) is 6.07 Å². The van der Waals surface area contributed by atoms with Crippen LogP contribution in [0.15, 0.2) is 47.4 Å². The predicted molar refractivity (Wildman–Crippen MR) is 52.5 cm³/mol. The number of halogens is 1. The Hall–Kier alpha value is -1.90. The fourth-order valence-electron chi connectivity index (χ4n) is 1.33. The van der Waals surface area contributed by atoms with Crippen molar-refractivity contribution in [2.24, 2.45) is 0 Å². The topological polar surface area (TPSA) is 32.9 Å². The van der Waals surface area contributed by atoms with Crippen molar-refractivity contribution in [3.63, 3.8) is 0 Å². The highest BCUT2D eigenvalue weighted by Gasteiger charge is 2.07. The van der Waals surface area contributed by atoms with Crippen LogP contribution in [0.1, 0.15) is 0 Å². The molecular weight excluding hydrogens is 181 g/mol. The Morgan fingerprint density at radius 2 is 1.79 bits per heavy atom. The lowest BCUT2D eigenvalue weighted by atomic mass is 10.1. The van der Waals surface area contributed by atoms with Crippen molar-refractivity contribution in [3.05, 3.63) is 58.8 Å². The maximum Gasteiger partial charge on any atom is 0.258 e. The number of hydrogen-bond donors (Lipinski definition) is 1. The predicted octanol–water partition coefficient (Wildman–Crippen LogP) is 2.18. The molecule has 1 aromatic heterocycles. The van der Waals surface area contributed by atoms with E-state index in [1.54, 1.807) is 24.3 Å². The van der Waals surface area contributed by atoms with Crippen LogP contribution >= 0.6 is 0 Å². The molecule has 0 saturated carbocycles. The van der Waals surface area contributed by atoms with Crippen molar-refractivity contribution in [2.75, 3.05) is 0 Å². The van der Waals surface area contributed by atoms with Crippen LogP contribution in [0.4, 0.5) is 4.39 Å². The molecule has 0 amide bonds. The molecule has 0 unspecified atom stereocenters. The standard InChI is InChI=1S/C11H8FNO/c12-9-6-7-13-11(14)10(9)8-4-2-1-3-5-8/h1-7H,(H,13,14). The molecule has 70 valence electrons. The van der Waals surface area contributed by atoms with Gasteiger partial charge in [0, 0.05) is 6.20 Å². The molecule has 0 radical (unpaired) electrons. The van der Waals surface area contributed by atoms with E-state index < -0.39 is 11.4 Å². The summed E-state index contributed by atoms with van der Waals surface area (Å²) < 4.78 is 13.3. The quantitative estimate of drug-likeness (QED) is 0.732. The number of aromatic nitrogens is 1. The molecule has 1 heterocycles. The molecule has 0 aliphatic carbocycles. The second-order valence-electron chi connectivity index (χ2n) is 2.90. The van der Waals surface area contributed by atoms with E-state index in [9.17, 15) is 9.18 Å². The lowest BCUT2D eigenvalue weighted by molar-refractivity contribution is 0.627. The molecule has 0 saturated heterocycles. The Labute approximate surface area is 80.0 Å². The van der Waals surface area contributed by atoms with E-state index in [4.69, 9.17) is 0 Å². The highest BCUT2D eigenvalue weighted by Crippen LogP contribution is 2.16. The average Bonchev–Trinajstić information content (AvgIpc) is 2.19. The molecule has 0 aliphatic rings. The van der Waals surface area contributed by atoms with Crippen molar-refractivity contribution < 1.29 is 4.39 Å².